The molecule has 1 saturated heterocycles. The Morgan fingerprint density at radius 3 is 2.91 bits per heavy atom. The molecule has 2 unspecified atom stereocenters. The molecule has 1 aromatic rings. The van der Waals surface area contributed by atoms with Crippen molar-refractivity contribution < 1.29 is 13.2 Å². The second kappa shape index (κ2) is 6.73. The summed E-state index contributed by atoms with van der Waals surface area (Å²) in [7, 11) is -2.88. The number of fused-ring (bicyclic) bond motifs is 1. The van der Waals surface area contributed by atoms with Gasteiger partial charge in [0.1, 0.15) is 0 Å². The van der Waals surface area contributed by atoms with E-state index in [-0.39, 0.29) is 28.7 Å². The quantitative estimate of drug-likeness (QED) is 0.803. The first-order valence-corrected chi connectivity index (χ1v) is 10.8. The van der Waals surface area contributed by atoms with Gasteiger partial charge in [0.05, 0.1) is 23.3 Å². The van der Waals surface area contributed by atoms with Crippen molar-refractivity contribution in [3.8, 4) is 0 Å². The number of benzene rings is 1. The van der Waals surface area contributed by atoms with Gasteiger partial charge in [-0.15, -0.1) is 11.8 Å². The van der Waals surface area contributed by atoms with Gasteiger partial charge in [-0.2, -0.15) is 0 Å². The Kier molecular flexibility index (Phi) is 4.87. The third kappa shape index (κ3) is 4.20. The number of hydrogen-bond donors (Lipinski definition) is 2. The molecule has 1 fully saturated rings. The number of carbonyl (C=O) groups is 1. The molecule has 3 rings (SSSR count). The van der Waals surface area contributed by atoms with E-state index in [1.54, 1.807) is 0 Å². The molecular weight excluding hydrogens is 332 g/mol. The zero-order chi connectivity index (χ0) is 16.4. The van der Waals surface area contributed by atoms with E-state index in [1.165, 1.54) is 17.3 Å². The Hall–Kier alpha value is -1.21. The van der Waals surface area contributed by atoms with Crippen molar-refractivity contribution in [1.82, 2.24) is 5.32 Å². The van der Waals surface area contributed by atoms with E-state index in [0.29, 0.717) is 12.2 Å². The summed E-state index contributed by atoms with van der Waals surface area (Å²) in [4.78, 5) is 12.2. The molecule has 1 amide bonds. The van der Waals surface area contributed by atoms with Crippen LogP contribution in [0.25, 0.3) is 0 Å². The smallest absolute Gasteiger partial charge is 0.230 e. The molecular formula is C16H22N2O3S2. The number of aryl methyl sites for hydroxylation is 1. The molecule has 7 heteroatoms. The van der Waals surface area contributed by atoms with E-state index >= 15 is 0 Å². The number of amides is 1. The fourth-order valence-corrected chi connectivity index (χ4v) is 6.76. The predicted molar refractivity (Wildman–Crippen MR) is 94.2 cm³/mol. The van der Waals surface area contributed by atoms with Gasteiger partial charge < -0.3 is 11.1 Å². The van der Waals surface area contributed by atoms with Crippen LogP contribution in [0.15, 0.2) is 18.2 Å². The first-order chi connectivity index (χ1) is 10.9. The van der Waals surface area contributed by atoms with Crippen LogP contribution in [0.2, 0.25) is 0 Å². The zero-order valence-electron chi connectivity index (χ0n) is 13.0. The third-order valence-electron chi connectivity index (χ3n) is 4.46. The first kappa shape index (κ1) is 16.6. The molecule has 2 aliphatic rings. The van der Waals surface area contributed by atoms with Crippen LogP contribution in [-0.4, -0.2) is 36.8 Å². The molecule has 0 spiro atoms. The molecule has 3 N–H and O–H groups in total. The molecule has 23 heavy (non-hydrogen) atoms. The van der Waals surface area contributed by atoms with Crippen molar-refractivity contribution >= 4 is 33.2 Å². The Morgan fingerprint density at radius 1 is 1.35 bits per heavy atom. The van der Waals surface area contributed by atoms with E-state index in [2.05, 4.69) is 5.32 Å². The molecule has 5 nitrogen and oxygen atoms in total. The van der Waals surface area contributed by atoms with E-state index in [9.17, 15) is 13.2 Å². The minimum Gasteiger partial charge on any atom is -0.399 e. The van der Waals surface area contributed by atoms with Crippen molar-refractivity contribution in [3.05, 3.63) is 29.3 Å². The van der Waals surface area contributed by atoms with Crippen molar-refractivity contribution in [3.63, 3.8) is 0 Å². The van der Waals surface area contributed by atoms with Crippen LogP contribution in [0, 0.1) is 0 Å². The Morgan fingerprint density at radius 2 is 2.17 bits per heavy atom. The fraction of sp³-hybridized carbons (Fsp3) is 0.562. The van der Waals surface area contributed by atoms with Crippen molar-refractivity contribution in [2.24, 2.45) is 0 Å². The summed E-state index contributed by atoms with van der Waals surface area (Å²) >= 11 is 1.46. The van der Waals surface area contributed by atoms with Gasteiger partial charge in [-0.1, -0.05) is 6.07 Å². The maximum atomic E-state index is 12.2. The number of hydrogen-bond acceptors (Lipinski definition) is 5. The van der Waals surface area contributed by atoms with Gasteiger partial charge in [0, 0.05) is 10.9 Å². The van der Waals surface area contributed by atoms with E-state index in [0.717, 1.165) is 30.5 Å². The maximum Gasteiger partial charge on any atom is 0.230 e. The predicted octanol–water partition coefficient (Wildman–Crippen LogP) is 1.68. The summed E-state index contributed by atoms with van der Waals surface area (Å²) < 4.78 is 22.9. The average Bonchev–Trinajstić information content (AvgIpc) is 2.84. The van der Waals surface area contributed by atoms with Crippen LogP contribution in [0.4, 0.5) is 5.69 Å². The zero-order valence-corrected chi connectivity index (χ0v) is 14.6. The molecule has 1 heterocycles. The third-order valence-corrected chi connectivity index (χ3v) is 7.74. The van der Waals surface area contributed by atoms with Gasteiger partial charge in [0.2, 0.25) is 5.91 Å². The molecule has 0 radical (unpaired) electrons. The second-order valence-corrected chi connectivity index (χ2v) is 9.82. The normalized spacial score (nSPS) is 25.7. The van der Waals surface area contributed by atoms with Gasteiger partial charge in [-0.25, -0.2) is 8.42 Å². The molecule has 2 atom stereocenters. The molecule has 1 aliphatic carbocycles. The van der Waals surface area contributed by atoms with Crippen molar-refractivity contribution in [2.45, 2.75) is 37.0 Å². The van der Waals surface area contributed by atoms with E-state index in [1.807, 2.05) is 18.2 Å². The number of rotatable bonds is 4. The van der Waals surface area contributed by atoms with Crippen LogP contribution < -0.4 is 11.1 Å². The summed E-state index contributed by atoms with van der Waals surface area (Å²) in [5, 5.41) is 3.15. The summed E-state index contributed by atoms with van der Waals surface area (Å²) in [6.07, 6.45) is 3.63. The topological polar surface area (TPSA) is 89.3 Å². The van der Waals surface area contributed by atoms with Crippen LogP contribution in [0.5, 0.6) is 0 Å². The van der Waals surface area contributed by atoms with Gasteiger partial charge >= 0.3 is 0 Å². The Bertz CT molecular complexity index is 703. The summed E-state index contributed by atoms with van der Waals surface area (Å²) in [5.74, 6) is 0.759. The van der Waals surface area contributed by atoms with Gasteiger partial charge in [0.25, 0.3) is 0 Å². The van der Waals surface area contributed by atoms with Gasteiger partial charge in [-0.05, 0) is 48.9 Å². The summed E-state index contributed by atoms with van der Waals surface area (Å²) in [6, 6.07) is 5.92. The van der Waals surface area contributed by atoms with Crippen molar-refractivity contribution in [2.75, 3.05) is 23.0 Å². The van der Waals surface area contributed by atoms with Crippen LogP contribution in [0.3, 0.4) is 0 Å². The van der Waals surface area contributed by atoms with Crippen LogP contribution in [-0.2, 0) is 21.1 Å². The molecule has 126 valence electrons. The highest BCUT2D eigenvalue weighted by Crippen LogP contribution is 2.31. The number of nitrogens with one attached hydrogen (secondary N) is 1. The Balaban J connectivity index is 1.55. The van der Waals surface area contributed by atoms with E-state index < -0.39 is 9.84 Å². The number of nitrogen functional groups attached to an aromatic ring is 1. The molecule has 0 saturated carbocycles. The minimum absolute atomic E-state index is 0.0195. The largest absolute Gasteiger partial charge is 0.399 e. The van der Waals surface area contributed by atoms with Gasteiger partial charge in [-0.3, -0.25) is 4.79 Å². The number of nitrogens with two attached hydrogens (primary N) is 1. The van der Waals surface area contributed by atoms with E-state index in [4.69, 9.17) is 5.73 Å². The highest BCUT2D eigenvalue weighted by molar-refractivity contribution is 8.02. The standard InChI is InChI=1S/C16H22N2O3S2/c17-12-4-5-14-11(8-12)2-1-3-15(14)18-16(19)9-22-13-6-7-23(20,21)10-13/h4-5,8,13,15H,1-3,6-7,9-10,17H2,(H,18,19). The number of carbonyl (C=O) groups excluding carboxylic acids is 1. The highest BCUT2D eigenvalue weighted by atomic mass is 32.2. The van der Waals surface area contributed by atoms with Crippen LogP contribution in [0.1, 0.15) is 36.4 Å². The minimum atomic E-state index is -2.88. The van der Waals surface area contributed by atoms with Crippen molar-refractivity contribution in [1.29, 1.82) is 0 Å². The number of thioether (sulfide) groups is 1. The fourth-order valence-electron chi connectivity index (χ4n) is 3.31. The highest BCUT2D eigenvalue weighted by Gasteiger charge is 2.29. The second-order valence-electron chi connectivity index (χ2n) is 6.31. The lowest BCUT2D eigenvalue weighted by Crippen LogP contribution is -2.32. The lowest BCUT2D eigenvalue weighted by Gasteiger charge is -2.26. The van der Waals surface area contributed by atoms with Crippen LogP contribution >= 0.6 is 11.8 Å². The molecule has 1 aliphatic heterocycles. The number of anilines is 1. The number of sulfone groups is 1. The summed E-state index contributed by atoms with van der Waals surface area (Å²) in [5.41, 5.74) is 8.96. The van der Waals surface area contributed by atoms with Gasteiger partial charge in [0.15, 0.2) is 9.84 Å². The molecule has 0 bridgehead atoms. The average molecular weight is 354 g/mol. The SMILES string of the molecule is Nc1ccc2c(c1)CCCC2NC(=O)CSC1CCS(=O)(=O)C1. The first-order valence-electron chi connectivity index (χ1n) is 7.93. The lowest BCUT2D eigenvalue weighted by atomic mass is 9.87. The lowest BCUT2D eigenvalue weighted by molar-refractivity contribution is -0.119. The summed E-state index contributed by atoms with van der Waals surface area (Å²) in [6.45, 7) is 0. The Labute approximate surface area is 141 Å². The monoisotopic (exact) mass is 354 g/mol. The maximum absolute atomic E-state index is 12.2. The molecule has 1 aromatic carbocycles. The molecule has 0 aromatic heterocycles.